The Morgan fingerprint density at radius 1 is 1.40 bits per heavy atom. The van der Waals surface area contributed by atoms with Gasteiger partial charge in [-0.3, -0.25) is 0 Å². The van der Waals surface area contributed by atoms with Crippen LogP contribution in [0.1, 0.15) is 0 Å². The van der Waals surface area contributed by atoms with Crippen molar-refractivity contribution in [1.82, 2.24) is 0 Å². The molecule has 0 aliphatic carbocycles. The average Bonchev–Trinajstić information content (AvgIpc) is 0.811. The molecule has 0 saturated carbocycles. The molecule has 0 heterocycles. The van der Waals surface area contributed by atoms with Crippen molar-refractivity contribution in [2.45, 2.75) is 9.88 Å². The maximum absolute atomic E-state index is 5.47. The van der Waals surface area contributed by atoms with Crippen molar-refractivity contribution in [2.75, 3.05) is 0 Å². The molecule has 3 heteroatoms. The van der Waals surface area contributed by atoms with E-state index >= 15 is 0 Å². The third-order valence-corrected chi connectivity index (χ3v) is 0. The molecular formula is C2H7ClOSn. The molecule has 0 bridgehead atoms. The molecule has 0 amide bonds. The Balaban J connectivity index is 0. The summed E-state index contributed by atoms with van der Waals surface area (Å²) in [6.45, 7) is 0. The Labute approximate surface area is 43.1 Å². The van der Waals surface area contributed by atoms with E-state index in [-0.39, 0.29) is 5.48 Å². The van der Waals surface area contributed by atoms with Crippen LogP contribution in [-0.2, 0) is 0 Å². The van der Waals surface area contributed by atoms with Gasteiger partial charge in [0.05, 0.1) is 0 Å². The number of rotatable bonds is 0. The Bertz CT molecular complexity index is 14.4. The molecule has 0 aromatic carbocycles. The largest absolute Gasteiger partial charge is 0.870 e. The van der Waals surface area contributed by atoms with Crippen LogP contribution in [0.3, 0.4) is 0 Å². The van der Waals surface area contributed by atoms with Crippen LogP contribution in [0, 0.1) is 0 Å². The van der Waals surface area contributed by atoms with Crippen molar-refractivity contribution in [2.24, 2.45) is 0 Å². The summed E-state index contributed by atoms with van der Waals surface area (Å²) in [7, 11) is 5.47. The predicted molar refractivity (Wildman–Crippen MR) is 25.3 cm³/mol. The number of halogens is 1. The summed E-state index contributed by atoms with van der Waals surface area (Å²) >= 11 is -1.07. The summed E-state index contributed by atoms with van der Waals surface area (Å²) in [4.78, 5) is 4.26. The molecule has 0 radical (unpaired) electrons. The summed E-state index contributed by atoms with van der Waals surface area (Å²) < 4.78 is 0. The van der Waals surface area contributed by atoms with Gasteiger partial charge in [0, 0.05) is 0 Å². The van der Waals surface area contributed by atoms with E-state index in [0.717, 1.165) is 0 Å². The van der Waals surface area contributed by atoms with Crippen molar-refractivity contribution < 1.29 is 5.48 Å². The molecule has 0 unspecified atom stereocenters. The van der Waals surface area contributed by atoms with Gasteiger partial charge in [0.15, 0.2) is 0 Å². The molecule has 0 saturated heterocycles. The fourth-order valence-corrected chi connectivity index (χ4v) is 0. The topological polar surface area (TPSA) is 30.0 Å². The first-order chi connectivity index (χ1) is 1.73. The Morgan fingerprint density at radius 2 is 1.40 bits per heavy atom. The second-order valence-electron chi connectivity index (χ2n) is 0.878. The van der Waals surface area contributed by atoms with Crippen molar-refractivity contribution >= 4 is 27.6 Å². The minimum Gasteiger partial charge on any atom is -0.870 e. The van der Waals surface area contributed by atoms with Gasteiger partial charge in [0.1, 0.15) is 0 Å². The van der Waals surface area contributed by atoms with E-state index in [1.54, 1.807) is 0 Å². The van der Waals surface area contributed by atoms with Crippen molar-refractivity contribution in [3.05, 3.63) is 0 Å². The van der Waals surface area contributed by atoms with Crippen LogP contribution >= 0.6 is 8.92 Å². The van der Waals surface area contributed by atoms with E-state index < -0.39 is 18.6 Å². The molecule has 32 valence electrons. The van der Waals surface area contributed by atoms with Crippen molar-refractivity contribution in [1.29, 1.82) is 0 Å². The molecule has 1 N–H and O–H groups in total. The molecule has 5 heavy (non-hydrogen) atoms. The van der Waals surface area contributed by atoms with Crippen molar-refractivity contribution in [3.8, 4) is 0 Å². The molecule has 0 rings (SSSR count). The maximum atomic E-state index is 5.47. The van der Waals surface area contributed by atoms with Crippen LogP contribution < -0.4 is 0 Å². The molecule has 0 spiro atoms. The SMILES string of the molecule is [CH3][Sn+]([CH3])[Cl].[OH-]. The molecule has 0 atom stereocenters. The Hall–Kier alpha value is 1.05. The van der Waals surface area contributed by atoms with Crippen LogP contribution in [0.2, 0.25) is 9.88 Å². The Kier molecular flexibility index (Phi) is 9.50. The number of hydrogen-bond acceptors (Lipinski definition) is 1. The van der Waals surface area contributed by atoms with E-state index in [2.05, 4.69) is 9.88 Å². The van der Waals surface area contributed by atoms with Gasteiger partial charge in [-0.2, -0.15) is 0 Å². The van der Waals surface area contributed by atoms with Crippen molar-refractivity contribution in [3.63, 3.8) is 0 Å². The molecule has 0 aliphatic heterocycles. The summed E-state index contributed by atoms with van der Waals surface area (Å²) in [5.74, 6) is 0. The summed E-state index contributed by atoms with van der Waals surface area (Å²) in [6.07, 6.45) is 0. The first-order valence-electron chi connectivity index (χ1n) is 1.19. The summed E-state index contributed by atoms with van der Waals surface area (Å²) in [5.41, 5.74) is 0. The van der Waals surface area contributed by atoms with Gasteiger partial charge < -0.3 is 5.48 Å². The molecular weight excluding hydrogens is 194 g/mol. The van der Waals surface area contributed by atoms with Gasteiger partial charge in [-0.15, -0.1) is 0 Å². The standard InChI is InChI=1S/2CH3.ClH.H2O.Sn/h2*1H3;1H;1H2;/q;;;;+2/p-2. The van der Waals surface area contributed by atoms with Gasteiger partial charge >= 0.3 is 37.4 Å². The second kappa shape index (κ2) is 5.05. The van der Waals surface area contributed by atoms with E-state index in [1.807, 2.05) is 0 Å². The van der Waals surface area contributed by atoms with E-state index in [1.165, 1.54) is 0 Å². The fraction of sp³-hybridized carbons (Fsp3) is 1.00. The predicted octanol–water partition coefficient (Wildman–Crippen LogP) is 1.30. The zero-order chi connectivity index (χ0) is 3.58. The zero-order valence-corrected chi connectivity index (χ0v) is 6.94. The van der Waals surface area contributed by atoms with Crippen LogP contribution in [0.5, 0.6) is 0 Å². The first-order valence-corrected chi connectivity index (χ1v) is 10.5. The minimum absolute atomic E-state index is 0. The summed E-state index contributed by atoms with van der Waals surface area (Å²) in [5, 5.41) is 0. The second-order valence-corrected chi connectivity index (χ2v) is 11.0. The van der Waals surface area contributed by atoms with Gasteiger partial charge in [0.25, 0.3) is 0 Å². The van der Waals surface area contributed by atoms with Gasteiger partial charge in [-0.1, -0.05) is 0 Å². The van der Waals surface area contributed by atoms with Crippen LogP contribution in [0.15, 0.2) is 0 Å². The molecule has 0 aromatic heterocycles. The zero-order valence-electron chi connectivity index (χ0n) is 3.33. The first kappa shape index (κ1) is 9.41. The number of hydrogen-bond donors (Lipinski definition) is 0. The van der Waals surface area contributed by atoms with Crippen LogP contribution in [0.25, 0.3) is 0 Å². The molecule has 0 aromatic rings. The third kappa shape index (κ3) is 42.7. The molecule has 1 nitrogen and oxygen atoms in total. The fourth-order valence-electron chi connectivity index (χ4n) is 0. The summed E-state index contributed by atoms with van der Waals surface area (Å²) in [6, 6.07) is 0. The van der Waals surface area contributed by atoms with Gasteiger partial charge in [-0.25, -0.2) is 0 Å². The third-order valence-electron chi connectivity index (χ3n) is 0. The van der Waals surface area contributed by atoms with Gasteiger partial charge in [0.2, 0.25) is 0 Å². The van der Waals surface area contributed by atoms with Crippen LogP contribution in [-0.4, -0.2) is 24.1 Å². The molecule has 0 fully saturated rings. The molecule has 0 aliphatic rings. The monoisotopic (exact) mass is 202 g/mol. The smallest absolute Gasteiger partial charge is 0.870 e. The average molecular weight is 201 g/mol. The van der Waals surface area contributed by atoms with Gasteiger partial charge in [-0.05, 0) is 0 Å². The maximum Gasteiger partial charge on any atom is -0.870 e. The van der Waals surface area contributed by atoms with E-state index in [4.69, 9.17) is 8.92 Å². The van der Waals surface area contributed by atoms with E-state index in [9.17, 15) is 0 Å². The van der Waals surface area contributed by atoms with Crippen LogP contribution in [0.4, 0.5) is 0 Å². The quantitative estimate of drug-likeness (QED) is 0.543. The normalized spacial score (nSPS) is 5.40. The Morgan fingerprint density at radius 3 is 1.40 bits per heavy atom. The van der Waals surface area contributed by atoms with E-state index in [0.29, 0.717) is 0 Å². The minimum atomic E-state index is -1.07.